The largest absolute Gasteiger partial charge is 0.411 e. The van der Waals surface area contributed by atoms with Crippen molar-refractivity contribution in [1.29, 1.82) is 0 Å². The van der Waals surface area contributed by atoms with Crippen LogP contribution >= 0.6 is 0 Å². The van der Waals surface area contributed by atoms with E-state index in [4.69, 9.17) is 9.94 Å². The van der Waals surface area contributed by atoms with Crippen LogP contribution in [0.3, 0.4) is 0 Å². The smallest absolute Gasteiger partial charge is 0.125 e. The van der Waals surface area contributed by atoms with Gasteiger partial charge in [-0.3, -0.25) is 0 Å². The predicted octanol–water partition coefficient (Wildman–Crippen LogP) is 0.931. The fraction of sp³-hybridized carbons (Fsp3) is 0.667. The van der Waals surface area contributed by atoms with E-state index in [1.807, 2.05) is 13.8 Å². The Bertz CT molecular complexity index is 235. The highest BCUT2D eigenvalue weighted by Gasteiger charge is 2.37. The fourth-order valence-electron chi connectivity index (χ4n) is 1.48. The zero-order valence-electron chi connectivity index (χ0n) is 7.90. The first kappa shape index (κ1) is 10.2. The van der Waals surface area contributed by atoms with Crippen LogP contribution in [0.25, 0.3) is 0 Å². The second-order valence-corrected chi connectivity index (χ2v) is 3.79. The summed E-state index contributed by atoms with van der Waals surface area (Å²) in [5.74, 6) is 0. The monoisotopic (exact) mass is 185 g/mol. The van der Waals surface area contributed by atoms with Gasteiger partial charge in [-0.25, -0.2) is 0 Å². The number of hydrogen-bond donors (Lipinski definition) is 2. The average Bonchev–Trinajstić information content (AvgIpc) is 2.08. The number of rotatable bonds is 1. The molecule has 1 heterocycles. The summed E-state index contributed by atoms with van der Waals surface area (Å²) in [5, 5.41) is 21.3. The van der Waals surface area contributed by atoms with Crippen molar-refractivity contribution in [3.8, 4) is 0 Å². The van der Waals surface area contributed by atoms with Gasteiger partial charge < -0.3 is 15.1 Å². The van der Waals surface area contributed by atoms with Gasteiger partial charge in [0.25, 0.3) is 0 Å². The third kappa shape index (κ3) is 2.08. The van der Waals surface area contributed by atoms with Crippen LogP contribution in [0.5, 0.6) is 0 Å². The second kappa shape index (κ2) is 3.47. The first-order chi connectivity index (χ1) is 6.00. The van der Waals surface area contributed by atoms with E-state index in [0.717, 1.165) is 0 Å². The summed E-state index contributed by atoms with van der Waals surface area (Å²) in [7, 11) is 0. The number of aliphatic hydroxyl groups excluding tert-OH is 1. The van der Waals surface area contributed by atoms with E-state index in [1.54, 1.807) is 0 Å². The van der Waals surface area contributed by atoms with Crippen molar-refractivity contribution < 1.29 is 15.1 Å². The van der Waals surface area contributed by atoms with E-state index in [0.29, 0.717) is 12.1 Å². The number of aliphatic hydroxyl groups is 1. The van der Waals surface area contributed by atoms with Crippen LogP contribution in [0.1, 0.15) is 20.3 Å². The number of oxime groups is 1. The minimum atomic E-state index is -0.879. The van der Waals surface area contributed by atoms with Crippen molar-refractivity contribution >= 4 is 5.71 Å². The summed E-state index contributed by atoms with van der Waals surface area (Å²) in [4.78, 5) is 0. The quantitative estimate of drug-likeness (QED) is 0.363. The van der Waals surface area contributed by atoms with E-state index in [2.05, 4.69) is 11.7 Å². The van der Waals surface area contributed by atoms with E-state index in [1.165, 1.54) is 6.08 Å². The van der Waals surface area contributed by atoms with Gasteiger partial charge in [-0.1, -0.05) is 11.2 Å². The van der Waals surface area contributed by atoms with Crippen molar-refractivity contribution in [3.63, 3.8) is 0 Å². The molecule has 1 rings (SSSR count). The van der Waals surface area contributed by atoms with Crippen LogP contribution in [0.2, 0.25) is 0 Å². The van der Waals surface area contributed by atoms with E-state index in [-0.39, 0.29) is 0 Å². The molecular formula is C9H15NO3. The molecule has 4 nitrogen and oxygen atoms in total. The second-order valence-electron chi connectivity index (χ2n) is 3.79. The lowest BCUT2D eigenvalue weighted by molar-refractivity contribution is -0.0963. The summed E-state index contributed by atoms with van der Waals surface area (Å²) in [6.07, 6.45) is 0.566. The van der Waals surface area contributed by atoms with Crippen LogP contribution in [-0.2, 0) is 4.74 Å². The molecule has 0 aromatic rings. The molecule has 0 spiro atoms. The Morgan fingerprint density at radius 2 is 2.31 bits per heavy atom. The highest BCUT2D eigenvalue weighted by Crippen LogP contribution is 2.27. The molecular weight excluding hydrogens is 170 g/mol. The van der Waals surface area contributed by atoms with E-state index >= 15 is 0 Å². The predicted molar refractivity (Wildman–Crippen MR) is 49.0 cm³/mol. The Kier molecular flexibility index (Phi) is 2.73. The molecule has 0 radical (unpaired) electrons. The zero-order chi connectivity index (χ0) is 10.1. The third-order valence-corrected chi connectivity index (χ3v) is 2.08. The van der Waals surface area contributed by atoms with Gasteiger partial charge >= 0.3 is 0 Å². The molecule has 1 aliphatic rings. The number of nitrogens with zero attached hydrogens (tertiary/aromatic N) is 1. The van der Waals surface area contributed by atoms with E-state index in [9.17, 15) is 5.11 Å². The van der Waals surface area contributed by atoms with Crippen molar-refractivity contribution in [1.82, 2.24) is 0 Å². The molecule has 2 N–H and O–H groups in total. The molecule has 0 saturated carbocycles. The van der Waals surface area contributed by atoms with Gasteiger partial charge in [0, 0.05) is 6.42 Å². The lowest BCUT2D eigenvalue weighted by Crippen LogP contribution is -2.49. The lowest BCUT2D eigenvalue weighted by Gasteiger charge is -2.37. The molecule has 2 atom stereocenters. The summed E-state index contributed by atoms with van der Waals surface area (Å²) in [6, 6.07) is 0. The van der Waals surface area contributed by atoms with E-state index < -0.39 is 17.8 Å². The summed E-state index contributed by atoms with van der Waals surface area (Å²) in [5.41, 5.74) is -0.0687. The molecule has 0 bridgehead atoms. The first-order valence-electron chi connectivity index (χ1n) is 4.19. The van der Waals surface area contributed by atoms with Crippen molar-refractivity contribution in [2.75, 3.05) is 0 Å². The van der Waals surface area contributed by atoms with Crippen LogP contribution in [0.15, 0.2) is 17.8 Å². The van der Waals surface area contributed by atoms with Crippen molar-refractivity contribution in [2.45, 2.75) is 38.1 Å². The van der Waals surface area contributed by atoms with Crippen molar-refractivity contribution in [3.05, 3.63) is 12.7 Å². The number of hydrogen-bond acceptors (Lipinski definition) is 4. The van der Waals surface area contributed by atoms with Gasteiger partial charge in [0.1, 0.15) is 12.2 Å². The molecule has 13 heavy (non-hydrogen) atoms. The molecule has 0 aromatic carbocycles. The summed E-state index contributed by atoms with van der Waals surface area (Å²) >= 11 is 0. The van der Waals surface area contributed by atoms with Gasteiger partial charge in [0.15, 0.2) is 0 Å². The molecule has 0 aliphatic carbocycles. The lowest BCUT2D eigenvalue weighted by atomic mass is 9.91. The minimum Gasteiger partial charge on any atom is -0.411 e. The van der Waals surface area contributed by atoms with Gasteiger partial charge in [0.05, 0.1) is 11.3 Å². The molecule has 1 aliphatic heterocycles. The van der Waals surface area contributed by atoms with Crippen LogP contribution in [0.4, 0.5) is 0 Å². The standard InChI is InChI=1S/C9H15NO3/c1-4-7-8(11)6(10-12)5-9(2,3)13-7/h4,7-8,11-12H,1,5H2,2-3H3/b10-6+/t7?,8-/m0/s1. The Morgan fingerprint density at radius 1 is 1.69 bits per heavy atom. The molecule has 74 valence electrons. The highest BCUT2D eigenvalue weighted by atomic mass is 16.5. The maximum atomic E-state index is 9.57. The Labute approximate surface area is 77.5 Å². The molecule has 1 fully saturated rings. The molecule has 0 aromatic heterocycles. The summed E-state index contributed by atoms with van der Waals surface area (Å²) < 4.78 is 5.51. The zero-order valence-corrected chi connectivity index (χ0v) is 7.90. The maximum Gasteiger partial charge on any atom is 0.125 e. The van der Waals surface area contributed by atoms with Crippen LogP contribution < -0.4 is 0 Å². The van der Waals surface area contributed by atoms with Crippen LogP contribution in [-0.4, -0.2) is 33.8 Å². The molecule has 1 saturated heterocycles. The Balaban J connectivity index is 2.87. The fourth-order valence-corrected chi connectivity index (χ4v) is 1.48. The highest BCUT2D eigenvalue weighted by molar-refractivity contribution is 5.90. The first-order valence-corrected chi connectivity index (χ1v) is 4.19. The summed E-state index contributed by atoms with van der Waals surface area (Å²) in [6.45, 7) is 7.30. The number of ether oxygens (including phenoxy) is 1. The van der Waals surface area contributed by atoms with Gasteiger partial charge in [-0.15, -0.1) is 6.58 Å². The van der Waals surface area contributed by atoms with Gasteiger partial charge in [-0.2, -0.15) is 0 Å². The Morgan fingerprint density at radius 3 is 2.77 bits per heavy atom. The van der Waals surface area contributed by atoms with Gasteiger partial charge in [0.2, 0.25) is 0 Å². The molecule has 1 unspecified atom stereocenters. The average molecular weight is 185 g/mol. The van der Waals surface area contributed by atoms with Gasteiger partial charge in [-0.05, 0) is 13.8 Å². The van der Waals surface area contributed by atoms with Crippen molar-refractivity contribution in [2.24, 2.45) is 5.16 Å². The third-order valence-electron chi connectivity index (χ3n) is 2.08. The SMILES string of the molecule is C=CC1OC(C)(C)C/C(=N\O)[C@@H]1O. The topological polar surface area (TPSA) is 62.0 Å². The normalized spacial score (nSPS) is 36.1. The Hall–Kier alpha value is -0.870. The molecule has 4 heteroatoms. The minimum absolute atomic E-state index is 0.348. The van der Waals surface area contributed by atoms with Crippen LogP contribution in [0, 0.1) is 0 Å². The maximum absolute atomic E-state index is 9.57. The molecule has 0 amide bonds.